The fraction of sp³-hybridized carbons (Fsp3) is 0.304. The molecule has 1 aliphatic rings. The molecular weight excluding hydrogens is 390 g/mol. The number of aldehydes is 1. The zero-order chi connectivity index (χ0) is 20.8. The molecule has 0 aromatic heterocycles. The number of benzene rings is 2. The van der Waals surface area contributed by atoms with E-state index in [2.05, 4.69) is 4.90 Å². The number of nitrogens with zero attached hydrogens (tertiary/aromatic N) is 1. The highest BCUT2D eigenvalue weighted by atomic mass is 35.5. The van der Waals surface area contributed by atoms with Crippen LogP contribution < -0.4 is 4.74 Å². The smallest absolute Gasteiger partial charge is 0.190 e. The van der Waals surface area contributed by atoms with Crippen LogP contribution in [0.4, 0.5) is 0 Å². The Balaban J connectivity index is 1.96. The lowest BCUT2D eigenvalue weighted by Crippen LogP contribution is -2.29. The first-order valence-electron chi connectivity index (χ1n) is 9.62. The van der Waals surface area contributed by atoms with Crippen molar-refractivity contribution in [3.8, 4) is 11.5 Å². The Bertz CT molecular complexity index is 933. The standard InChI is InChI=1S/C23H24ClNO4/c1-29-21-13-17(15-26)22(20(27)9-8-16-6-5-7-18(24)12-16)23(28)19(21)14-25-10-3-2-4-11-25/h5-9,12-13,15,28H,2-4,10-11,14H2,1H3/b9-8+. The number of piperidine rings is 1. The highest BCUT2D eigenvalue weighted by molar-refractivity contribution is 6.30. The third kappa shape index (κ3) is 5.05. The van der Waals surface area contributed by atoms with Gasteiger partial charge >= 0.3 is 0 Å². The highest BCUT2D eigenvalue weighted by Gasteiger charge is 2.24. The first-order chi connectivity index (χ1) is 14.0. The molecule has 2 aromatic carbocycles. The molecule has 0 unspecified atom stereocenters. The molecule has 152 valence electrons. The average molecular weight is 414 g/mol. The summed E-state index contributed by atoms with van der Waals surface area (Å²) in [6.07, 6.45) is 6.91. The summed E-state index contributed by atoms with van der Waals surface area (Å²) in [6.45, 7) is 2.32. The Morgan fingerprint density at radius 3 is 2.66 bits per heavy atom. The van der Waals surface area contributed by atoms with Crippen LogP contribution in [0.1, 0.15) is 51.1 Å². The van der Waals surface area contributed by atoms with Gasteiger partial charge in [0.05, 0.1) is 18.2 Å². The number of ether oxygens (including phenoxy) is 1. The predicted octanol–water partition coefficient (Wildman–Crippen LogP) is 4.75. The maximum atomic E-state index is 12.9. The van der Waals surface area contributed by atoms with Gasteiger partial charge in [0.25, 0.3) is 0 Å². The fourth-order valence-electron chi connectivity index (χ4n) is 3.60. The van der Waals surface area contributed by atoms with Gasteiger partial charge < -0.3 is 9.84 Å². The lowest BCUT2D eigenvalue weighted by Gasteiger charge is -2.27. The van der Waals surface area contributed by atoms with Crippen molar-refractivity contribution >= 4 is 29.7 Å². The van der Waals surface area contributed by atoms with Crippen LogP contribution >= 0.6 is 11.6 Å². The van der Waals surface area contributed by atoms with Gasteiger partial charge in [-0.25, -0.2) is 0 Å². The molecule has 1 heterocycles. The van der Waals surface area contributed by atoms with Crippen LogP contribution in [-0.4, -0.2) is 42.3 Å². The molecule has 0 bridgehead atoms. The second-order valence-corrected chi connectivity index (χ2v) is 7.51. The molecular formula is C23H24ClNO4. The molecule has 0 aliphatic carbocycles. The van der Waals surface area contributed by atoms with Crippen molar-refractivity contribution < 1.29 is 19.4 Å². The van der Waals surface area contributed by atoms with Crippen molar-refractivity contribution in [1.82, 2.24) is 4.90 Å². The SMILES string of the molecule is COc1cc(C=O)c(C(=O)/C=C/c2cccc(Cl)c2)c(O)c1CN1CCCCC1. The molecule has 0 radical (unpaired) electrons. The minimum Gasteiger partial charge on any atom is -0.507 e. The van der Waals surface area contributed by atoms with Crippen LogP contribution in [0, 0.1) is 0 Å². The van der Waals surface area contributed by atoms with Crippen molar-refractivity contribution in [2.24, 2.45) is 0 Å². The van der Waals surface area contributed by atoms with E-state index < -0.39 is 5.78 Å². The van der Waals surface area contributed by atoms with Crippen molar-refractivity contribution in [1.29, 1.82) is 0 Å². The lowest BCUT2D eigenvalue weighted by molar-refractivity contribution is 0.103. The fourth-order valence-corrected chi connectivity index (χ4v) is 3.80. The molecule has 0 saturated carbocycles. The topological polar surface area (TPSA) is 66.8 Å². The molecule has 1 saturated heterocycles. The van der Waals surface area contributed by atoms with Gasteiger partial charge in [0.1, 0.15) is 11.5 Å². The summed E-state index contributed by atoms with van der Waals surface area (Å²) in [7, 11) is 1.49. The number of likely N-dealkylation sites (tertiary alicyclic amines) is 1. The van der Waals surface area contributed by atoms with Gasteiger partial charge in [0.15, 0.2) is 12.1 Å². The van der Waals surface area contributed by atoms with Crippen LogP contribution in [0.2, 0.25) is 5.02 Å². The number of rotatable bonds is 7. The molecule has 29 heavy (non-hydrogen) atoms. The summed E-state index contributed by atoms with van der Waals surface area (Å²) in [6, 6.07) is 8.58. The minimum absolute atomic E-state index is 0.00825. The highest BCUT2D eigenvalue weighted by Crippen LogP contribution is 2.36. The van der Waals surface area contributed by atoms with Gasteiger partial charge in [-0.15, -0.1) is 0 Å². The third-order valence-electron chi connectivity index (χ3n) is 5.09. The van der Waals surface area contributed by atoms with Gasteiger partial charge in [-0.1, -0.05) is 36.2 Å². The molecule has 6 heteroatoms. The summed E-state index contributed by atoms with van der Waals surface area (Å²) in [5, 5.41) is 11.5. The van der Waals surface area contributed by atoms with Crippen molar-refractivity contribution in [2.75, 3.05) is 20.2 Å². The van der Waals surface area contributed by atoms with Gasteiger partial charge in [-0.05, 0) is 55.8 Å². The van der Waals surface area contributed by atoms with Crippen LogP contribution in [0.15, 0.2) is 36.4 Å². The van der Waals surface area contributed by atoms with Crippen molar-refractivity contribution in [2.45, 2.75) is 25.8 Å². The number of phenols is 1. The van der Waals surface area contributed by atoms with Crippen LogP contribution in [0.3, 0.4) is 0 Å². The molecule has 1 fully saturated rings. The van der Waals surface area contributed by atoms with E-state index in [4.69, 9.17) is 16.3 Å². The summed E-state index contributed by atoms with van der Waals surface area (Å²) < 4.78 is 5.40. The van der Waals surface area contributed by atoms with E-state index in [1.807, 2.05) is 6.07 Å². The van der Waals surface area contributed by atoms with E-state index in [9.17, 15) is 14.7 Å². The first kappa shape index (κ1) is 21.1. The molecule has 0 spiro atoms. The van der Waals surface area contributed by atoms with E-state index in [-0.39, 0.29) is 16.9 Å². The van der Waals surface area contributed by atoms with Crippen molar-refractivity contribution in [3.63, 3.8) is 0 Å². The number of ketones is 1. The number of hydrogen-bond acceptors (Lipinski definition) is 5. The van der Waals surface area contributed by atoms with E-state index in [1.54, 1.807) is 24.3 Å². The van der Waals surface area contributed by atoms with Gasteiger partial charge in [-0.2, -0.15) is 0 Å². The number of methoxy groups -OCH3 is 1. The first-order valence-corrected chi connectivity index (χ1v) is 9.99. The van der Waals surface area contributed by atoms with Gasteiger partial charge in [-0.3, -0.25) is 14.5 Å². The quantitative estimate of drug-likeness (QED) is 0.403. The van der Waals surface area contributed by atoms with E-state index in [0.717, 1.165) is 31.5 Å². The summed E-state index contributed by atoms with van der Waals surface area (Å²) in [5.74, 6) is -0.240. The van der Waals surface area contributed by atoms with Gasteiger partial charge in [0.2, 0.25) is 0 Å². The Labute approximate surface area is 175 Å². The molecule has 1 aliphatic heterocycles. The molecule has 0 amide bonds. The molecule has 3 rings (SSSR count). The maximum absolute atomic E-state index is 12.9. The van der Waals surface area contributed by atoms with E-state index in [1.165, 1.54) is 25.7 Å². The molecule has 0 atom stereocenters. The van der Waals surface area contributed by atoms with Gasteiger partial charge in [0, 0.05) is 17.1 Å². The van der Waals surface area contributed by atoms with E-state index >= 15 is 0 Å². The van der Waals surface area contributed by atoms with Crippen molar-refractivity contribution in [3.05, 3.63) is 63.7 Å². The molecule has 5 nitrogen and oxygen atoms in total. The van der Waals surface area contributed by atoms with Crippen LogP contribution in [-0.2, 0) is 6.54 Å². The largest absolute Gasteiger partial charge is 0.507 e. The number of allylic oxidation sites excluding steroid dienone is 1. The predicted molar refractivity (Wildman–Crippen MR) is 114 cm³/mol. The second-order valence-electron chi connectivity index (χ2n) is 7.08. The van der Waals surface area contributed by atoms with E-state index in [0.29, 0.717) is 29.2 Å². The summed E-state index contributed by atoms with van der Waals surface area (Å²) >= 11 is 5.97. The van der Waals surface area contributed by atoms with Crippen LogP contribution in [0.25, 0.3) is 6.08 Å². The normalized spacial score (nSPS) is 14.8. The monoisotopic (exact) mass is 413 g/mol. The number of phenolic OH excluding ortho intramolecular Hbond substituents is 1. The third-order valence-corrected chi connectivity index (χ3v) is 5.33. The molecule has 1 N–H and O–H groups in total. The average Bonchev–Trinajstić information content (AvgIpc) is 2.74. The number of carbonyl (C=O) groups is 2. The Morgan fingerprint density at radius 1 is 1.24 bits per heavy atom. The summed E-state index contributed by atoms with van der Waals surface area (Å²) in [4.78, 5) is 26.7. The Kier molecular flexibility index (Phi) is 7.07. The zero-order valence-electron chi connectivity index (χ0n) is 16.4. The molecule has 2 aromatic rings. The lowest BCUT2D eigenvalue weighted by atomic mass is 9.96. The number of aromatic hydroxyl groups is 1. The Morgan fingerprint density at radius 2 is 2.00 bits per heavy atom. The number of carbonyl (C=O) groups excluding carboxylic acids is 2. The maximum Gasteiger partial charge on any atom is 0.190 e. The zero-order valence-corrected chi connectivity index (χ0v) is 17.1. The Hall–Kier alpha value is -2.63. The number of hydrogen-bond donors (Lipinski definition) is 1. The summed E-state index contributed by atoms with van der Waals surface area (Å²) in [5.41, 5.74) is 1.37. The van der Waals surface area contributed by atoms with Crippen LogP contribution in [0.5, 0.6) is 11.5 Å². The number of halogens is 1. The second kappa shape index (κ2) is 9.72. The minimum atomic E-state index is -0.452.